The van der Waals surface area contributed by atoms with E-state index in [1.54, 1.807) is 7.11 Å². The first-order chi connectivity index (χ1) is 8.41. The Morgan fingerprint density at radius 2 is 2.06 bits per heavy atom. The van der Waals surface area contributed by atoms with E-state index in [1.165, 1.54) is 0 Å². The second-order valence-corrected chi connectivity index (χ2v) is 5.15. The molecule has 0 aliphatic heterocycles. The van der Waals surface area contributed by atoms with Crippen molar-refractivity contribution in [3.05, 3.63) is 23.3 Å². The lowest BCUT2D eigenvalue weighted by atomic mass is 10.0. The normalized spacial score (nSPS) is 14.8. The summed E-state index contributed by atoms with van der Waals surface area (Å²) in [6.45, 7) is 11.1. The summed E-state index contributed by atoms with van der Waals surface area (Å²) in [5.41, 5.74) is 1.60. The van der Waals surface area contributed by atoms with E-state index in [4.69, 9.17) is 4.74 Å². The fourth-order valence-corrected chi connectivity index (χ4v) is 1.66. The summed E-state index contributed by atoms with van der Waals surface area (Å²) in [6.07, 6.45) is 0.851. The average molecular weight is 251 g/mol. The molecule has 1 atom stereocenters. The zero-order valence-electron chi connectivity index (χ0n) is 12.4. The largest absolute Gasteiger partial charge is 0.371 e. The van der Waals surface area contributed by atoms with Crippen molar-refractivity contribution in [3.8, 4) is 0 Å². The molecule has 4 heteroatoms. The molecular weight excluding hydrogens is 226 g/mol. The lowest BCUT2D eigenvalue weighted by molar-refractivity contribution is -0.00930. The first kappa shape index (κ1) is 15.1. The van der Waals surface area contributed by atoms with Gasteiger partial charge in [0.2, 0.25) is 0 Å². The quantitative estimate of drug-likeness (QED) is 0.844. The molecule has 1 N–H and O–H groups in total. The van der Waals surface area contributed by atoms with Crippen molar-refractivity contribution >= 4 is 0 Å². The second kappa shape index (κ2) is 6.25. The van der Waals surface area contributed by atoms with Crippen LogP contribution in [0.3, 0.4) is 0 Å². The fraction of sp³-hybridized carbons (Fsp3) is 0.714. The van der Waals surface area contributed by atoms with Gasteiger partial charge in [0, 0.05) is 25.4 Å². The minimum atomic E-state index is -0.404. The van der Waals surface area contributed by atoms with Crippen LogP contribution in [0.15, 0.2) is 6.07 Å². The van der Waals surface area contributed by atoms with E-state index in [9.17, 15) is 0 Å². The van der Waals surface area contributed by atoms with Gasteiger partial charge >= 0.3 is 0 Å². The number of ether oxygens (including phenoxy) is 1. The first-order valence-electron chi connectivity index (χ1n) is 6.55. The maximum Gasteiger partial charge on any atom is 0.160 e. The van der Waals surface area contributed by atoms with Crippen LogP contribution in [0, 0.1) is 6.92 Å². The highest BCUT2D eigenvalue weighted by atomic mass is 16.5. The van der Waals surface area contributed by atoms with Crippen molar-refractivity contribution in [3.63, 3.8) is 0 Å². The molecule has 1 aromatic rings. The van der Waals surface area contributed by atoms with Crippen molar-refractivity contribution in [2.45, 2.75) is 59.2 Å². The number of aryl methyl sites for hydroxylation is 1. The van der Waals surface area contributed by atoms with Gasteiger partial charge in [-0.15, -0.1) is 0 Å². The molecule has 0 aromatic carbocycles. The smallest absolute Gasteiger partial charge is 0.160 e. The van der Waals surface area contributed by atoms with Crippen LogP contribution in [-0.2, 0) is 16.9 Å². The number of nitrogens with one attached hydrogen (secondary N) is 1. The Balaban J connectivity index is 3.00. The van der Waals surface area contributed by atoms with Crippen LogP contribution in [0.2, 0.25) is 0 Å². The molecule has 0 aliphatic carbocycles. The van der Waals surface area contributed by atoms with Crippen LogP contribution < -0.4 is 5.32 Å². The third kappa shape index (κ3) is 3.75. The van der Waals surface area contributed by atoms with Gasteiger partial charge in [-0.25, -0.2) is 9.97 Å². The lowest BCUT2D eigenvalue weighted by Crippen LogP contribution is -2.28. The summed E-state index contributed by atoms with van der Waals surface area (Å²) >= 11 is 0. The zero-order valence-corrected chi connectivity index (χ0v) is 12.4. The van der Waals surface area contributed by atoms with E-state index in [0.29, 0.717) is 6.04 Å². The van der Waals surface area contributed by atoms with Crippen LogP contribution in [0.5, 0.6) is 0 Å². The maximum atomic E-state index is 5.56. The lowest BCUT2D eigenvalue weighted by Gasteiger charge is -2.25. The summed E-state index contributed by atoms with van der Waals surface area (Å²) in [6, 6.07) is 2.47. The van der Waals surface area contributed by atoms with Gasteiger partial charge in [-0.2, -0.15) is 0 Å². The number of rotatable bonds is 6. The molecule has 0 amide bonds. The molecule has 0 saturated heterocycles. The summed E-state index contributed by atoms with van der Waals surface area (Å²) in [5, 5.41) is 3.37. The molecule has 1 heterocycles. The van der Waals surface area contributed by atoms with Gasteiger partial charge in [0.15, 0.2) is 5.82 Å². The highest BCUT2D eigenvalue weighted by Gasteiger charge is 2.27. The predicted molar refractivity (Wildman–Crippen MR) is 73.4 cm³/mol. The van der Waals surface area contributed by atoms with Crippen molar-refractivity contribution in [1.29, 1.82) is 0 Å². The Kier molecular flexibility index (Phi) is 5.23. The van der Waals surface area contributed by atoms with Gasteiger partial charge in [0.1, 0.15) is 5.60 Å². The van der Waals surface area contributed by atoms with Crippen molar-refractivity contribution in [1.82, 2.24) is 15.3 Å². The summed E-state index contributed by atoms with van der Waals surface area (Å²) in [4.78, 5) is 9.13. The number of hydrogen-bond acceptors (Lipinski definition) is 4. The van der Waals surface area contributed by atoms with Crippen molar-refractivity contribution in [2.24, 2.45) is 0 Å². The molecule has 0 saturated carbocycles. The van der Waals surface area contributed by atoms with Gasteiger partial charge in [-0.05, 0) is 26.3 Å². The zero-order chi connectivity index (χ0) is 13.8. The molecule has 0 aliphatic rings. The van der Waals surface area contributed by atoms with Crippen LogP contribution in [0.25, 0.3) is 0 Å². The molecule has 0 radical (unpaired) electrons. The van der Waals surface area contributed by atoms with Gasteiger partial charge in [-0.3, -0.25) is 0 Å². The molecule has 0 bridgehead atoms. The molecule has 1 unspecified atom stereocenters. The van der Waals surface area contributed by atoms with Crippen LogP contribution in [0.4, 0.5) is 0 Å². The Bertz CT molecular complexity index is 387. The summed E-state index contributed by atoms with van der Waals surface area (Å²) in [7, 11) is 1.71. The van der Waals surface area contributed by atoms with Crippen molar-refractivity contribution in [2.75, 3.05) is 7.11 Å². The van der Waals surface area contributed by atoms with Crippen molar-refractivity contribution < 1.29 is 4.74 Å². The molecule has 0 fully saturated rings. The fourth-order valence-electron chi connectivity index (χ4n) is 1.66. The van der Waals surface area contributed by atoms with Gasteiger partial charge in [-0.1, -0.05) is 20.8 Å². The van der Waals surface area contributed by atoms with Gasteiger partial charge in [0.25, 0.3) is 0 Å². The summed E-state index contributed by atoms with van der Waals surface area (Å²) < 4.78 is 5.56. The van der Waals surface area contributed by atoms with Crippen LogP contribution in [-0.4, -0.2) is 23.1 Å². The standard InChI is InChI=1S/C14H25N3O/c1-7-14(5,18-6)13-16-11(4)8-12(17-13)9-15-10(2)3/h8,10,15H,7,9H2,1-6H3. The average Bonchev–Trinajstić information content (AvgIpc) is 2.34. The number of nitrogens with zero attached hydrogens (tertiary/aromatic N) is 2. The molecule has 0 spiro atoms. The third-order valence-electron chi connectivity index (χ3n) is 3.20. The van der Waals surface area contributed by atoms with E-state index in [2.05, 4.69) is 36.1 Å². The van der Waals surface area contributed by atoms with Crippen LogP contribution >= 0.6 is 0 Å². The minimum Gasteiger partial charge on any atom is -0.371 e. The van der Waals surface area contributed by atoms with E-state index >= 15 is 0 Å². The SMILES string of the molecule is CCC(C)(OC)c1nc(C)cc(CNC(C)C)n1. The Labute approximate surface area is 110 Å². The van der Waals surface area contributed by atoms with E-state index < -0.39 is 5.60 Å². The van der Waals surface area contributed by atoms with Crippen LogP contribution in [0.1, 0.15) is 51.3 Å². The Morgan fingerprint density at radius 1 is 1.39 bits per heavy atom. The predicted octanol–water partition coefficient (Wildman–Crippen LogP) is 2.55. The first-order valence-corrected chi connectivity index (χ1v) is 6.55. The second-order valence-electron chi connectivity index (χ2n) is 5.15. The molecular formula is C14H25N3O. The highest BCUT2D eigenvalue weighted by molar-refractivity contribution is 5.13. The monoisotopic (exact) mass is 251 g/mol. The molecule has 1 rings (SSSR count). The van der Waals surface area contributed by atoms with E-state index in [0.717, 1.165) is 30.2 Å². The minimum absolute atomic E-state index is 0.404. The molecule has 4 nitrogen and oxygen atoms in total. The van der Waals surface area contributed by atoms with E-state index in [-0.39, 0.29) is 0 Å². The summed E-state index contributed by atoms with van der Waals surface area (Å²) in [5.74, 6) is 0.771. The highest BCUT2D eigenvalue weighted by Crippen LogP contribution is 2.25. The van der Waals surface area contributed by atoms with Gasteiger partial charge < -0.3 is 10.1 Å². The Hall–Kier alpha value is -1.00. The number of hydrogen-bond donors (Lipinski definition) is 1. The molecule has 1 aromatic heterocycles. The maximum absolute atomic E-state index is 5.56. The Morgan fingerprint density at radius 3 is 2.56 bits per heavy atom. The molecule has 18 heavy (non-hydrogen) atoms. The topological polar surface area (TPSA) is 47.0 Å². The number of aromatic nitrogens is 2. The van der Waals surface area contributed by atoms with E-state index in [1.807, 2.05) is 19.9 Å². The molecule has 102 valence electrons. The third-order valence-corrected chi connectivity index (χ3v) is 3.20. The van der Waals surface area contributed by atoms with Gasteiger partial charge in [0.05, 0.1) is 5.69 Å². The number of methoxy groups -OCH3 is 1.